The summed E-state index contributed by atoms with van der Waals surface area (Å²) < 4.78 is 0. The van der Waals surface area contributed by atoms with Crippen LogP contribution in [0.3, 0.4) is 0 Å². The number of nitrogens with one attached hydrogen (secondary N) is 2. The molecule has 2 amide bonds. The molecule has 6 nitrogen and oxygen atoms in total. The topological polar surface area (TPSA) is 60.5 Å². The molecule has 0 radical (unpaired) electrons. The summed E-state index contributed by atoms with van der Waals surface area (Å²) in [6, 6.07) is 12.8. The van der Waals surface area contributed by atoms with Crippen molar-refractivity contribution in [3.05, 3.63) is 48.2 Å². The molecule has 2 aromatic rings. The van der Waals surface area contributed by atoms with E-state index in [4.69, 9.17) is 0 Å². The summed E-state index contributed by atoms with van der Waals surface area (Å²) in [7, 11) is 0. The zero-order valence-corrected chi connectivity index (χ0v) is 17.2. The van der Waals surface area contributed by atoms with Gasteiger partial charge in [0.1, 0.15) is 5.82 Å². The van der Waals surface area contributed by atoms with Gasteiger partial charge in [-0.2, -0.15) is 0 Å². The molecule has 1 aliphatic heterocycles. The Labute approximate surface area is 173 Å². The van der Waals surface area contributed by atoms with E-state index in [9.17, 15) is 4.79 Å². The van der Waals surface area contributed by atoms with E-state index >= 15 is 0 Å². The maximum absolute atomic E-state index is 12.2. The Kier molecular flexibility index (Phi) is 6.17. The lowest BCUT2D eigenvalue weighted by atomic mass is 9.96. The summed E-state index contributed by atoms with van der Waals surface area (Å²) in [5.74, 6) is 0.965. The van der Waals surface area contributed by atoms with Gasteiger partial charge in [-0.25, -0.2) is 9.78 Å². The van der Waals surface area contributed by atoms with Crippen molar-refractivity contribution in [1.82, 2.24) is 10.3 Å². The number of aryl methyl sites for hydroxylation is 1. The lowest BCUT2D eigenvalue weighted by molar-refractivity contribution is 0.244. The highest BCUT2D eigenvalue weighted by molar-refractivity contribution is 5.89. The van der Waals surface area contributed by atoms with Crippen LogP contribution in [0.25, 0.3) is 0 Å². The molecule has 2 fully saturated rings. The third-order valence-corrected chi connectivity index (χ3v) is 5.92. The van der Waals surface area contributed by atoms with Gasteiger partial charge in [-0.3, -0.25) is 0 Å². The number of carbonyl (C=O) groups is 1. The fraction of sp³-hybridized carbons (Fsp3) is 0.478. The zero-order chi connectivity index (χ0) is 20.1. The second-order valence-electron chi connectivity index (χ2n) is 8.15. The van der Waals surface area contributed by atoms with Crippen LogP contribution in [-0.4, -0.2) is 43.2 Å². The molecule has 1 saturated heterocycles. The summed E-state index contributed by atoms with van der Waals surface area (Å²) in [5, 5.41) is 5.99. The maximum atomic E-state index is 12.2. The van der Waals surface area contributed by atoms with Crippen molar-refractivity contribution in [2.45, 2.75) is 45.1 Å². The number of aromatic nitrogens is 1. The molecule has 1 aromatic heterocycles. The number of piperazine rings is 1. The fourth-order valence-corrected chi connectivity index (χ4v) is 4.26. The van der Waals surface area contributed by atoms with Crippen molar-refractivity contribution in [3.63, 3.8) is 0 Å². The molecule has 1 aliphatic carbocycles. The van der Waals surface area contributed by atoms with Crippen molar-refractivity contribution in [2.75, 3.05) is 41.3 Å². The Morgan fingerprint density at radius 2 is 1.76 bits per heavy atom. The van der Waals surface area contributed by atoms with Gasteiger partial charge in [0, 0.05) is 37.9 Å². The summed E-state index contributed by atoms with van der Waals surface area (Å²) in [5.41, 5.74) is 3.32. The smallest absolute Gasteiger partial charge is 0.319 e. The maximum Gasteiger partial charge on any atom is 0.319 e. The number of rotatable bonds is 4. The van der Waals surface area contributed by atoms with Crippen LogP contribution in [0.2, 0.25) is 0 Å². The first kappa shape index (κ1) is 19.6. The third kappa shape index (κ3) is 5.19. The molecule has 29 heavy (non-hydrogen) atoms. The number of anilines is 3. The van der Waals surface area contributed by atoms with Gasteiger partial charge in [0.2, 0.25) is 0 Å². The average molecular weight is 394 g/mol. The van der Waals surface area contributed by atoms with Gasteiger partial charge in [0.05, 0.1) is 11.9 Å². The molecule has 0 unspecified atom stereocenters. The van der Waals surface area contributed by atoms with Gasteiger partial charge in [-0.05, 0) is 49.6 Å². The van der Waals surface area contributed by atoms with Gasteiger partial charge < -0.3 is 20.4 Å². The minimum atomic E-state index is -0.127. The van der Waals surface area contributed by atoms with Crippen molar-refractivity contribution >= 4 is 23.2 Å². The molecule has 154 valence electrons. The van der Waals surface area contributed by atoms with E-state index in [2.05, 4.69) is 56.6 Å². The van der Waals surface area contributed by atoms with Crippen molar-refractivity contribution < 1.29 is 4.79 Å². The van der Waals surface area contributed by atoms with E-state index in [1.165, 1.54) is 30.5 Å². The first-order valence-electron chi connectivity index (χ1n) is 10.8. The van der Waals surface area contributed by atoms with Crippen LogP contribution in [0.1, 0.15) is 37.7 Å². The van der Waals surface area contributed by atoms with E-state index in [1.54, 1.807) is 6.20 Å². The molecule has 4 rings (SSSR count). The lowest BCUT2D eigenvalue weighted by Gasteiger charge is -2.36. The van der Waals surface area contributed by atoms with Gasteiger partial charge in [-0.15, -0.1) is 0 Å². The SMILES string of the molecule is Cc1cccc(N2CCN(c3ccc(NC(=O)NC4CCCCC4)cn3)CC2)c1. The van der Waals surface area contributed by atoms with Crippen LogP contribution < -0.4 is 20.4 Å². The van der Waals surface area contributed by atoms with Crippen LogP contribution >= 0.6 is 0 Å². The molecule has 0 bridgehead atoms. The molecular formula is C23H31N5O. The summed E-state index contributed by atoms with van der Waals surface area (Å²) in [4.78, 5) is 21.5. The second-order valence-corrected chi connectivity index (χ2v) is 8.15. The molecule has 2 heterocycles. The monoisotopic (exact) mass is 393 g/mol. The van der Waals surface area contributed by atoms with Crippen LogP contribution in [0.4, 0.5) is 22.0 Å². The predicted octanol–water partition coefficient (Wildman–Crippen LogP) is 4.17. The Bertz CT molecular complexity index is 808. The van der Waals surface area contributed by atoms with Gasteiger partial charge in [0.15, 0.2) is 0 Å². The Morgan fingerprint density at radius 1 is 1.00 bits per heavy atom. The normalized spacial score (nSPS) is 17.8. The zero-order valence-electron chi connectivity index (χ0n) is 17.2. The minimum Gasteiger partial charge on any atom is -0.368 e. The van der Waals surface area contributed by atoms with E-state index in [0.29, 0.717) is 6.04 Å². The predicted molar refractivity (Wildman–Crippen MR) is 119 cm³/mol. The number of benzene rings is 1. The van der Waals surface area contributed by atoms with Gasteiger partial charge in [0.25, 0.3) is 0 Å². The number of nitrogens with zero attached hydrogens (tertiary/aromatic N) is 3. The minimum absolute atomic E-state index is 0.127. The van der Waals surface area contributed by atoms with Gasteiger partial charge >= 0.3 is 6.03 Å². The molecule has 0 atom stereocenters. The first-order chi connectivity index (χ1) is 14.2. The van der Waals surface area contributed by atoms with E-state index in [1.807, 2.05) is 12.1 Å². The van der Waals surface area contributed by atoms with Crippen molar-refractivity contribution in [3.8, 4) is 0 Å². The number of hydrogen-bond donors (Lipinski definition) is 2. The second kappa shape index (κ2) is 9.16. The third-order valence-electron chi connectivity index (χ3n) is 5.92. The molecule has 1 aromatic carbocycles. The quantitative estimate of drug-likeness (QED) is 0.818. The number of carbonyl (C=O) groups excluding carboxylic acids is 1. The first-order valence-corrected chi connectivity index (χ1v) is 10.8. The van der Waals surface area contributed by atoms with Crippen LogP contribution in [0, 0.1) is 6.92 Å². The summed E-state index contributed by atoms with van der Waals surface area (Å²) >= 11 is 0. The van der Waals surface area contributed by atoms with E-state index < -0.39 is 0 Å². The van der Waals surface area contributed by atoms with E-state index in [0.717, 1.165) is 50.5 Å². The lowest BCUT2D eigenvalue weighted by Crippen LogP contribution is -2.46. The van der Waals surface area contributed by atoms with Crippen LogP contribution in [0.5, 0.6) is 0 Å². The molecule has 1 saturated carbocycles. The molecule has 2 N–H and O–H groups in total. The number of urea groups is 1. The average Bonchev–Trinajstić information content (AvgIpc) is 2.75. The standard InChI is InChI=1S/C23H31N5O/c1-18-6-5-9-21(16-18)27-12-14-28(15-13-27)22-11-10-20(17-24-22)26-23(29)25-19-7-3-2-4-8-19/h5-6,9-11,16-17,19H,2-4,7-8,12-15H2,1H3,(H2,25,26,29). The van der Waals surface area contributed by atoms with Crippen molar-refractivity contribution in [1.29, 1.82) is 0 Å². The highest BCUT2D eigenvalue weighted by Gasteiger charge is 2.19. The Morgan fingerprint density at radius 3 is 2.45 bits per heavy atom. The Balaban J connectivity index is 1.27. The van der Waals surface area contributed by atoms with Gasteiger partial charge in [-0.1, -0.05) is 31.4 Å². The van der Waals surface area contributed by atoms with Crippen LogP contribution in [0.15, 0.2) is 42.6 Å². The number of pyridine rings is 1. The Hall–Kier alpha value is -2.76. The van der Waals surface area contributed by atoms with Crippen LogP contribution in [-0.2, 0) is 0 Å². The molecule has 2 aliphatic rings. The highest BCUT2D eigenvalue weighted by Crippen LogP contribution is 2.21. The molecule has 0 spiro atoms. The number of hydrogen-bond acceptors (Lipinski definition) is 4. The fourth-order valence-electron chi connectivity index (χ4n) is 4.26. The molecule has 6 heteroatoms. The largest absolute Gasteiger partial charge is 0.368 e. The van der Waals surface area contributed by atoms with E-state index in [-0.39, 0.29) is 6.03 Å². The highest BCUT2D eigenvalue weighted by atomic mass is 16.2. The van der Waals surface area contributed by atoms with Crippen molar-refractivity contribution in [2.24, 2.45) is 0 Å². The number of amides is 2. The molecular weight excluding hydrogens is 362 g/mol. The summed E-state index contributed by atoms with van der Waals surface area (Å²) in [6.45, 7) is 5.98. The summed E-state index contributed by atoms with van der Waals surface area (Å²) in [6.07, 6.45) is 7.61.